The first kappa shape index (κ1) is 18.9. The van der Waals surface area contributed by atoms with Gasteiger partial charge in [0.1, 0.15) is 0 Å². The van der Waals surface area contributed by atoms with Crippen LogP contribution >= 0.6 is 0 Å². The van der Waals surface area contributed by atoms with Crippen LogP contribution in [0.3, 0.4) is 0 Å². The Balaban J connectivity index is 2.17. The van der Waals surface area contributed by atoms with Crippen LogP contribution in [0.2, 0.25) is 0 Å². The minimum Gasteiger partial charge on any atom is -0.362 e. The van der Waals surface area contributed by atoms with Crippen molar-refractivity contribution in [3.05, 3.63) is 51.3 Å². The highest BCUT2D eigenvalue weighted by Gasteiger charge is 2.35. The van der Waals surface area contributed by atoms with Crippen molar-refractivity contribution in [2.24, 2.45) is 10.6 Å². The van der Waals surface area contributed by atoms with Gasteiger partial charge in [0.15, 0.2) is 5.78 Å². The second-order valence-corrected chi connectivity index (χ2v) is 9.76. The molecule has 1 aliphatic carbocycles. The topological polar surface area (TPSA) is 93.0 Å². The molecule has 0 radical (unpaired) electrons. The maximum absolute atomic E-state index is 12.8. The molecule has 0 bridgehead atoms. The van der Waals surface area contributed by atoms with Crippen LogP contribution < -0.4 is 5.14 Å². The van der Waals surface area contributed by atoms with E-state index in [2.05, 4.69) is 18.8 Å². The molecule has 0 aliphatic heterocycles. The van der Waals surface area contributed by atoms with Gasteiger partial charge < -0.3 is 4.98 Å². The molecule has 0 amide bonds. The Labute approximate surface area is 155 Å². The van der Waals surface area contributed by atoms with E-state index in [0.29, 0.717) is 18.4 Å². The summed E-state index contributed by atoms with van der Waals surface area (Å²) in [5, 5.41) is 5.44. The van der Waals surface area contributed by atoms with E-state index < -0.39 is 10.0 Å². The lowest BCUT2D eigenvalue weighted by molar-refractivity contribution is 0.0911. The number of aromatic nitrogens is 1. The number of nitrogens with two attached hydrogens (primary N) is 1. The van der Waals surface area contributed by atoms with E-state index in [1.165, 1.54) is 0 Å². The molecule has 1 aliphatic rings. The summed E-state index contributed by atoms with van der Waals surface area (Å²) in [6, 6.07) is 3.33. The van der Waals surface area contributed by atoms with Gasteiger partial charge in [0.05, 0.1) is 4.90 Å². The van der Waals surface area contributed by atoms with E-state index in [9.17, 15) is 13.2 Å². The summed E-state index contributed by atoms with van der Waals surface area (Å²) >= 11 is 0. The molecule has 1 aromatic carbocycles. The predicted molar refractivity (Wildman–Crippen MR) is 102 cm³/mol. The van der Waals surface area contributed by atoms with Gasteiger partial charge >= 0.3 is 0 Å². The van der Waals surface area contributed by atoms with E-state index >= 15 is 0 Å². The number of fused-ring (bicyclic) bond motifs is 1. The molecule has 0 spiro atoms. The maximum Gasteiger partial charge on any atom is 0.238 e. The third-order valence-corrected chi connectivity index (χ3v) is 6.45. The van der Waals surface area contributed by atoms with E-state index in [0.717, 1.165) is 40.1 Å². The minimum absolute atomic E-state index is 0.0658. The Morgan fingerprint density at radius 3 is 2.38 bits per heavy atom. The van der Waals surface area contributed by atoms with Gasteiger partial charge in [-0.15, -0.1) is 0 Å². The highest BCUT2D eigenvalue weighted by Crippen LogP contribution is 2.38. The molecule has 0 unspecified atom stereocenters. The molecular formula is C20H26N2O3S. The number of primary sulfonamides is 1. The number of carbonyl (C=O) groups is 1. The quantitative estimate of drug-likeness (QED) is 0.863. The summed E-state index contributed by atoms with van der Waals surface area (Å²) in [7, 11) is -3.84. The fourth-order valence-corrected chi connectivity index (χ4v) is 4.83. The third-order valence-electron chi connectivity index (χ3n) is 5.45. The maximum atomic E-state index is 12.8. The largest absolute Gasteiger partial charge is 0.362 e. The Morgan fingerprint density at radius 2 is 1.77 bits per heavy atom. The van der Waals surface area contributed by atoms with Crippen molar-refractivity contribution >= 4 is 15.8 Å². The van der Waals surface area contributed by atoms with Crippen molar-refractivity contribution < 1.29 is 13.2 Å². The second kappa shape index (κ2) is 6.06. The monoisotopic (exact) mass is 374 g/mol. The highest BCUT2D eigenvalue weighted by molar-refractivity contribution is 7.89. The number of benzene rings is 1. The van der Waals surface area contributed by atoms with E-state index in [1.807, 2.05) is 20.8 Å². The first-order valence-electron chi connectivity index (χ1n) is 8.76. The fraction of sp³-hybridized carbons (Fsp3) is 0.450. The lowest BCUT2D eigenvalue weighted by Gasteiger charge is -2.28. The number of Topliss-reactive ketones (excluding diaryl/α,β-unsaturated/α-hetero) is 1. The van der Waals surface area contributed by atoms with E-state index in [1.54, 1.807) is 12.1 Å². The van der Waals surface area contributed by atoms with Crippen molar-refractivity contribution in [3.8, 4) is 0 Å². The number of ketones is 1. The van der Waals surface area contributed by atoms with Crippen LogP contribution in [-0.2, 0) is 22.9 Å². The number of carbonyl (C=O) groups excluding carboxylic acids is 1. The first-order chi connectivity index (χ1) is 11.9. The summed E-state index contributed by atoms with van der Waals surface area (Å²) in [5.41, 5.74) is 6.01. The Bertz CT molecular complexity index is 1010. The molecule has 5 nitrogen and oxygen atoms in total. The predicted octanol–water partition coefficient (Wildman–Crippen LogP) is 3.33. The van der Waals surface area contributed by atoms with E-state index in [4.69, 9.17) is 5.14 Å². The van der Waals surface area contributed by atoms with Crippen molar-refractivity contribution in [1.29, 1.82) is 0 Å². The average Bonchev–Trinajstić information content (AvgIpc) is 2.77. The molecule has 0 atom stereocenters. The van der Waals surface area contributed by atoms with E-state index in [-0.39, 0.29) is 16.1 Å². The molecule has 0 fully saturated rings. The Morgan fingerprint density at radius 1 is 1.12 bits per heavy atom. The lowest BCUT2D eigenvalue weighted by Crippen LogP contribution is -2.27. The molecular weight excluding hydrogens is 348 g/mol. The van der Waals surface area contributed by atoms with Crippen molar-refractivity contribution in [1.82, 2.24) is 4.98 Å². The van der Waals surface area contributed by atoms with Crippen LogP contribution in [0, 0.1) is 26.2 Å². The van der Waals surface area contributed by atoms with Gasteiger partial charge in [-0.1, -0.05) is 19.9 Å². The second-order valence-electron chi connectivity index (χ2n) is 8.23. The van der Waals surface area contributed by atoms with Gasteiger partial charge in [-0.3, -0.25) is 4.79 Å². The standard InChI is InChI=1S/C20H26N2O3S/c1-11-6-7-18(26(21,24)25)14(12(11)2)8-15-13(3)22-16-9-20(4,5)10-17(23)19(15)16/h6-7,22H,8-10H2,1-5H3,(H2,21,24,25). The van der Waals surface area contributed by atoms with Crippen LogP contribution in [0.1, 0.15) is 64.3 Å². The zero-order valence-corrected chi connectivity index (χ0v) is 16.8. The summed E-state index contributed by atoms with van der Waals surface area (Å²) in [4.78, 5) is 16.3. The molecule has 3 N–H and O–H groups in total. The van der Waals surface area contributed by atoms with Crippen molar-refractivity contribution in [3.63, 3.8) is 0 Å². The Kier molecular flexibility index (Phi) is 4.40. The minimum atomic E-state index is -3.84. The average molecular weight is 375 g/mol. The number of rotatable bonds is 3. The van der Waals surface area contributed by atoms with Gasteiger partial charge in [-0.05, 0) is 60.9 Å². The highest BCUT2D eigenvalue weighted by atomic mass is 32.2. The number of sulfonamides is 1. The molecule has 2 aromatic rings. The molecule has 140 valence electrons. The lowest BCUT2D eigenvalue weighted by atomic mass is 9.75. The molecule has 3 rings (SSSR count). The number of hydrogen-bond acceptors (Lipinski definition) is 3. The zero-order valence-electron chi connectivity index (χ0n) is 16.0. The fourth-order valence-electron chi connectivity index (χ4n) is 4.00. The summed E-state index contributed by atoms with van der Waals surface area (Å²) < 4.78 is 24.1. The summed E-state index contributed by atoms with van der Waals surface area (Å²) in [5.74, 6) is 0.123. The third kappa shape index (κ3) is 3.23. The molecule has 0 saturated carbocycles. The number of H-pyrrole nitrogens is 1. The summed E-state index contributed by atoms with van der Waals surface area (Å²) in [6.07, 6.45) is 1.69. The van der Waals surface area contributed by atoms with Gasteiger partial charge in [-0.2, -0.15) is 0 Å². The molecule has 6 heteroatoms. The van der Waals surface area contributed by atoms with Crippen LogP contribution in [-0.4, -0.2) is 19.2 Å². The van der Waals surface area contributed by atoms with Gasteiger partial charge in [0.25, 0.3) is 0 Å². The van der Waals surface area contributed by atoms with Crippen molar-refractivity contribution in [2.45, 2.75) is 58.8 Å². The van der Waals surface area contributed by atoms with Crippen LogP contribution in [0.4, 0.5) is 0 Å². The SMILES string of the molecule is Cc1ccc(S(N)(=O)=O)c(Cc2c(C)[nH]c3c2C(=O)CC(C)(C)C3)c1C. The summed E-state index contributed by atoms with van der Waals surface area (Å²) in [6.45, 7) is 9.97. The molecule has 1 heterocycles. The zero-order chi connectivity index (χ0) is 19.4. The number of aryl methyl sites for hydroxylation is 2. The smallest absolute Gasteiger partial charge is 0.238 e. The molecule has 0 saturated heterocycles. The van der Waals surface area contributed by atoms with Crippen molar-refractivity contribution in [2.75, 3.05) is 0 Å². The van der Waals surface area contributed by atoms with Gasteiger partial charge in [0, 0.05) is 29.8 Å². The number of hydrogen-bond donors (Lipinski definition) is 2. The molecule has 26 heavy (non-hydrogen) atoms. The number of aromatic amines is 1. The first-order valence-corrected chi connectivity index (χ1v) is 10.3. The van der Waals surface area contributed by atoms with Gasteiger partial charge in [0.2, 0.25) is 10.0 Å². The van der Waals surface area contributed by atoms with Crippen LogP contribution in [0.5, 0.6) is 0 Å². The van der Waals surface area contributed by atoms with Crippen LogP contribution in [0.25, 0.3) is 0 Å². The Hall–Kier alpha value is -1.92. The number of nitrogens with one attached hydrogen (secondary N) is 1. The normalized spacial score (nSPS) is 16.6. The van der Waals surface area contributed by atoms with Gasteiger partial charge in [-0.25, -0.2) is 13.6 Å². The molecule has 1 aromatic heterocycles. The van der Waals surface area contributed by atoms with Crippen LogP contribution in [0.15, 0.2) is 17.0 Å².